The first-order valence-corrected chi connectivity index (χ1v) is 13.4. The third kappa shape index (κ3) is 10.6. The van der Waals surface area contributed by atoms with Gasteiger partial charge in [0.15, 0.2) is 0 Å². The predicted molar refractivity (Wildman–Crippen MR) is 136 cm³/mol. The Morgan fingerprint density at radius 3 is 1.00 bits per heavy atom. The van der Waals surface area contributed by atoms with E-state index in [9.17, 15) is 19.2 Å². The summed E-state index contributed by atoms with van der Waals surface area (Å²) in [5.41, 5.74) is 0. The molecule has 1 aliphatic heterocycles. The van der Waals surface area contributed by atoms with E-state index < -0.39 is 47.5 Å². The number of ether oxygens (including phenoxy) is 7. The van der Waals surface area contributed by atoms with Crippen LogP contribution in [0.1, 0.15) is 25.7 Å². The van der Waals surface area contributed by atoms with Gasteiger partial charge in [-0.3, -0.25) is 19.2 Å². The molecule has 0 aromatic rings. The van der Waals surface area contributed by atoms with Crippen LogP contribution >= 0.6 is 0 Å². The van der Waals surface area contributed by atoms with Crippen LogP contribution in [0.2, 0.25) is 0 Å². The molecule has 3 rings (SSSR count). The number of carbonyl (C=O) groups excluding carboxylic acids is 4. The summed E-state index contributed by atoms with van der Waals surface area (Å²) < 4.78 is 37.6. The first kappa shape index (κ1) is 30.5. The molecule has 11 heteroatoms. The van der Waals surface area contributed by atoms with E-state index in [0.29, 0.717) is 52.1 Å². The monoisotopic (exact) mass is 550 g/mol. The summed E-state index contributed by atoms with van der Waals surface area (Å²) in [6.07, 6.45) is 12.1. The fourth-order valence-electron chi connectivity index (χ4n) is 4.44. The molecule has 0 fully saturated rings. The van der Waals surface area contributed by atoms with Crippen LogP contribution in [0.4, 0.5) is 0 Å². The molecule has 1 heterocycles. The van der Waals surface area contributed by atoms with E-state index in [4.69, 9.17) is 33.2 Å². The van der Waals surface area contributed by atoms with E-state index in [-0.39, 0.29) is 39.6 Å². The van der Waals surface area contributed by atoms with E-state index >= 15 is 0 Å². The summed E-state index contributed by atoms with van der Waals surface area (Å²) >= 11 is 0. The number of fused-ring (bicyclic) bond motifs is 2. The van der Waals surface area contributed by atoms with E-state index in [2.05, 4.69) is 0 Å². The zero-order chi connectivity index (χ0) is 27.7. The molecule has 0 radical (unpaired) electrons. The van der Waals surface area contributed by atoms with Gasteiger partial charge in [-0.15, -0.1) is 0 Å². The number of allylic oxidation sites excluding steroid dienone is 4. The van der Waals surface area contributed by atoms with Crippen LogP contribution in [0.15, 0.2) is 36.5 Å². The molecule has 0 amide bonds. The van der Waals surface area contributed by atoms with Gasteiger partial charge in [-0.25, -0.2) is 0 Å². The van der Waals surface area contributed by atoms with Gasteiger partial charge in [-0.2, -0.15) is 0 Å². The van der Waals surface area contributed by atoms with Crippen LogP contribution in [0.5, 0.6) is 0 Å². The Balaban J connectivity index is 1.54. The SMILES string of the molecule is O=C1OC/C=C/COC(=O)C2CC=CCC2C(=O)OCCOCCOCCOCCOC(=O)C2CC=CCC12. The Labute approximate surface area is 228 Å². The number of hydrogen-bond acceptors (Lipinski definition) is 11. The van der Waals surface area contributed by atoms with Gasteiger partial charge in [-0.1, -0.05) is 24.3 Å². The maximum Gasteiger partial charge on any atom is 0.310 e. The van der Waals surface area contributed by atoms with E-state index in [1.165, 1.54) is 0 Å². The van der Waals surface area contributed by atoms with Gasteiger partial charge >= 0.3 is 23.9 Å². The molecule has 39 heavy (non-hydrogen) atoms. The van der Waals surface area contributed by atoms with Gasteiger partial charge < -0.3 is 33.2 Å². The minimum absolute atomic E-state index is 0.0303. The van der Waals surface area contributed by atoms with Crippen LogP contribution in [0.25, 0.3) is 0 Å². The summed E-state index contributed by atoms with van der Waals surface area (Å²) in [7, 11) is 0. The summed E-state index contributed by atoms with van der Waals surface area (Å²) in [6.45, 7) is 1.83. The maximum atomic E-state index is 12.6. The highest BCUT2D eigenvalue weighted by Gasteiger charge is 2.37. The summed E-state index contributed by atoms with van der Waals surface area (Å²) in [5, 5.41) is 0. The van der Waals surface area contributed by atoms with E-state index in [1.807, 2.05) is 24.3 Å². The van der Waals surface area contributed by atoms with Gasteiger partial charge in [-0.05, 0) is 37.8 Å². The van der Waals surface area contributed by atoms with Crippen LogP contribution < -0.4 is 0 Å². The number of esters is 4. The van der Waals surface area contributed by atoms with Crippen molar-refractivity contribution in [2.75, 3.05) is 66.1 Å². The molecule has 0 N–H and O–H groups in total. The molecule has 0 saturated carbocycles. The molecular weight excluding hydrogens is 512 g/mol. The maximum absolute atomic E-state index is 12.6. The second kappa shape index (κ2) is 17.5. The lowest BCUT2D eigenvalue weighted by molar-refractivity contribution is -0.161. The van der Waals surface area contributed by atoms with E-state index in [1.54, 1.807) is 12.2 Å². The standard InChI is InChI=1S/C28H38O11/c29-25-21-7-1-3-9-23(21)27(31)38-19-17-34-15-13-33-14-16-35-18-20-39-28(32)24-10-4-2-8-22(24)26(30)37-12-6-5-11-36-25/h1-6,21-24H,7-20H2/b6-5+. The smallest absolute Gasteiger partial charge is 0.310 e. The molecule has 2 aliphatic carbocycles. The second-order valence-electron chi connectivity index (χ2n) is 9.22. The van der Waals surface area contributed by atoms with Gasteiger partial charge in [0.25, 0.3) is 0 Å². The molecule has 216 valence electrons. The molecule has 4 atom stereocenters. The van der Waals surface area contributed by atoms with Crippen molar-refractivity contribution in [3.8, 4) is 0 Å². The van der Waals surface area contributed by atoms with Crippen molar-refractivity contribution in [3.63, 3.8) is 0 Å². The number of carbonyl (C=O) groups is 4. The zero-order valence-electron chi connectivity index (χ0n) is 22.2. The molecule has 0 spiro atoms. The lowest BCUT2D eigenvalue weighted by Gasteiger charge is -2.25. The van der Waals surface area contributed by atoms with Crippen LogP contribution in [0.3, 0.4) is 0 Å². The average Bonchev–Trinajstić information content (AvgIpc) is 2.96. The third-order valence-corrected chi connectivity index (χ3v) is 6.57. The Kier molecular flexibility index (Phi) is 13.7. The van der Waals surface area contributed by atoms with Crippen LogP contribution in [0, 0.1) is 23.7 Å². The first-order valence-electron chi connectivity index (χ1n) is 13.4. The Morgan fingerprint density at radius 2 is 0.667 bits per heavy atom. The lowest BCUT2D eigenvalue weighted by Crippen LogP contribution is -2.34. The van der Waals surface area contributed by atoms with E-state index in [0.717, 1.165) is 0 Å². The average molecular weight is 551 g/mol. The minimum atomic E-state index is -0.635. The summed E-state index contributed by atoms with van der Waals surface area (Å²) in [5.74, 6) is -4.42. The van der Waals surface area contributed by atoms with Gasteiger partial charge in [0, 0.05) is 0 Å². The van der Waals surface area contributed by atoms with Crippen molar-refractivity contribution in [3.05, 3.63) is 36.5 Å². The molecule has 0 aromatic carbocycles. The van der Waals surface area contributed by atoms with Crippen molar-refractivity contribution in [2.24, 2.45) is 23.7 Å². The topological polar surface area (TPSA) is 133 Å². The van der Waals surface area contributed by atoms with Crippen molar-refractivity contribution in [2.45, 2.75) is 25.7 Å². The molecule has 11 nitrogen and oxygen atoms in total. The lowest BCUT2D eigenvalue weighted by atomic mass is 9.83. The molecular formula is C28H38O11. The minimum Gasteiger partial charge on any atom is -0.463 e. The molecule has 0 aromatic heterocycles. The highest BCUT2D eigenvalue weighted by Crippen LogP contribution is 2.29. The fraction of sp³-hybridized carbons (Fsp3) is 0.643. The Hall–Kier alpha value is -3.02. The highest BCUT2D eigenvalue weighted by molar-refractivity contribution is 5.83. The number of hydrogen-bond donors (Lipinski definition) is 0. The van der Waals surface area contributed by atoms with Crippen molar-refractivity contribution < 1.29 is 52.3 Å². The van der Waals surface area contributed by atoms with Crippen LogP contribution in [-0.2, 0) is 52.3 Å². The van der Waals surface area contributed by atoms with Gasteiger partial charge in [0.05, 0.1) is 63.3 Å². The normalized spacial score (nSPS) is 30.4. The number of rotatable bonds is 0. The second-order valence-corrected chi connectivity index (χ2v) is 9.22. The van der Waals surface area contributed by atoms with Crippen molar-refractivity contribution in [1.29, 1.82) is 0 Å². The quantitative estimate of drug-likeness (QED) is 0.249. The fourth-order valence-corrected chi connectivity index (χ4v) is 4.44. The summed E-state index contributed by atoms with van der Waals surface area (Å²) in [4.78, 5) is 50.4. The van der Waals surface area contributed by atoms with Gasteiger partial charge in [0.2, 0.25) is 0 Å². The number of cyclic esters (lactones) is 4. The largest absolute Gasteiger partial charge is 0.463 e. The molecule has 4 unspecified atom stereocenters. The zero-order valence-corrected chi connectivity index (χ0v) is 22.2. The highest BCUT2D eigenvalue weighted by atomic mass is 16.6. The predicted octanol–water partition coefficient (Wildman–Crippen LogP) is 1.94. The molecule has 0 bridgehead atoms. The third-order valence-electron chi connectivity index (χ3n) is 6.57. The van der Waals surface area contributed by atoms with Gasteiger partial charge in [0.1, 0.15) is 26.4 Å². The molecule has 0 saturated heterocycles. The van der Waals surface area contributed by atoms with Crippen molar-refractivity contribution in [1.82, 2.24) is 0 Å². The Morgan fingerprint density at radius 1 is 0.385 bits per heavy atom. The summed E-state index contributed by atoms with van der Waals surface area (Å²) in [6, 6.07) is 0. The Bertz CT molecular complexity index is 824. The van der Waals surface area contributed by atoms with Crippen LogP contribution in [-0.4, -0.2) is 89.9 Å². The molecule has 3 aliphatic rings. The van der Waals surface area contributed by atoms with Crippen molar-refractivity contribution >= 4 is 23.9 Å². The first-order chi connectivity index (χ1) is 19.1.